The second kappa shape index (κ2) is 26.2. The molecule has 18 rings (SSSR count). The number of hydrogen-bond donors (Lipinski definition) is 0. The van der Waals surface area contributed by atoms with E-state index in [1.54, 1.807) is 36.4 Å². The molecule has 0 aliphatic heterocycles. The quantitative estimate of drug-likeness (QED) is 0.0900. The van der Waals surface area contributed by atoms with E-state index in [-0.39, 0.29) is 0 Å². The number of benzene rings is 14. The summed E-state index contributed by atoms with van der Waals surface area (Å²) in [4.78, 5) is 3.83. The van der Waals surface area contributed by atoms with Crippen LogP contribution in [0, 0.1) is 46.5 Å². The predicted molar refractivity (Wildman–Crippen MR) is 426 cm³/mol. The van der Waals surface area contributed by atoms with Crippen LogP contribution in [0.25, 0.3) is 34.4 Å². The Morgan fingerprint density at radius 2 is 0.559 bits per heavy atom. The highest BCUT2D eigenvalue weighted by atomic mass is 19.2. The van der Waals surface area contributed by atoms with Crippen molar-refractivity contribution in [2.24, 2.45) is 0 Å². The van der Waals surface area contributed by atoms with Crippen LogP contribution >= 0.6 is 0 Å². The van der Waals surface area contributed by atoms with Crippen LogP contribution in [0.5, 0.6) is 23.0 Å². The molecule has 111 heavy (non-hydrogen) atoms. The van der Waals surface area contributed by atoms with Crippen molar-refractivity contribution in [1.82, 2.24) is 0 Å². The molecule has 0 bridgehead atoms. The van der Waals surface area contributed by atoms with Crippen molar-refractivity contribution in [3.63, 3.8) is 0 Å². The molecule has 0 N–H and O–H groups in total. The van der Waals surface area contributed by atoms with E-state index in [1.165, 1.54) is 24.3 Å². The van der Waals surface area contributed by atoms with Gasteiger partial charge in [-0.05, 0) is 269 Å². The number of hydrogen-bond acceptors (Lipinski definition) is 4. The van der Waals surface area contributed by atoms with Gasteiger partial charge in [-0.2, -0.15) is 0 Å². The molecular formula is C99H70F8N2O2. The van der Waals surface area contributed by atoms with Crippen LogP contribution in [0.3, 0.4) is 0 Å². The Labute approximate surface area is 638 Å². The van der Waals surface area contributed by atoms with Gasteiger partial charge in [0, 0.05) is 51.7 Å². The third-order valence-corrected chi connectivity index (χ3v) is 23.4. The minimum atomic E-state index is -1.30. The second-order valence-electron chi connectivity index (χ2n) is 30.6. The van der Waals surface area contributed by atoms with E-state index in [1.807, 2.05) is 204 Å². The molecule has 4 aliphatic rings. The minimum Gasteiger partial charge on any atom is -0.457 e. The van der Waals surface area contributed by atoms with E-state index >= 15 is 35.1 Å². The van der Waals surface area contributed by atoms with Gasteiger partial charge in [0.2, 0.25) is 0 Å². The van der Waals surface area contributed by atoms with Gasteiger partial charge in [0.25, 0.3) is 0 Å². The standard InChI is InChI=1S/C99H70F8N2O2/c1-7-59-17-33-71(34-18-59)110-73-37-21-61(22-38-73)98(63-25-45-87(100)91(104)49-63)79-15-11-9-13-75(79)77-41-27-65(51-83(77)98)108(69-31-47-89(102)93(106)55-69)67-29-43-81-85(53-67)97(57-95(81,3)4)58-96(5,6)82-44-30-68(54-86(82)97)109(70-32-48-90(103)94(107)56-70)66-28-42-78-76-14-10-12-16-80(76)99(84(78)52-66,64-26-46-88(101)92(105)50-64)62-23-39-74(40-24-62)111-72-35-19-60(8-2)20-36-72/h7-56H,1-2,57-58H2,3-6H3. The Balaban J connectivity index is 0.801. The zero-order valence-electron chi connectivity index (χ0n) is 60.9. The maximum absolute atomic E-state index is 16.3. The van der Waals surface area contributed by atoms with Crippen LogP contribution in [0.1, 0.15) is 118 Å². The first kappa shape index (κ1) is 69.9. The molecule has 4 nitrogen and oxygen atoms in total. The van der Waals surface area contributed by atoms with Crippen LogP contribution in [0.4, 0.5) is 69.2 Å². The van der Waals surface area contributed by atoms with Gasteiger partial charge >= 0.3 is 0 Å². The summed E-state index contributed by atoms with van der Waals surface area (Å²) in [5, 5.41) is 0. The third-order valence-electron chi connectivity index (χ3n) is 23.4. The normalized spacial score (nSPS) is 17.6. The van der Waals surface area contributed by atoms with E-state index in [2.05, 4.69) is 65.1 Å². The Bertz CT molecular complexity index is 5780. The fourth-order valence-corrected chi connectivity index (χ4v) is 18.8. The van der Waals surface area contributed by atoms with Gasteiger partial charge in [0.05, 0.1) is 10.8 Å². The largest absolute Gasteiger partial charge is 0.457 e. The number of nitrogens with zero attached hydrogens (tertiary/aromatic N) is 2. The molecule has 0 amide bonds. The Morgan fingerprint density at radius 3 is 0.910 bits per heavy atom. The van der Waals surface area contributed by atoms with Crippen molar-refractivity contribution in [2.75, 3.05) is 9.80 Å². The monoisotopic (exact) mass is 1470 g/mol. The molecule has 1 spiro atoms. The number of halogens is 8. The molecule has 14 aromatic rings. The zero-order chi connectivity index (χ0) is 76.6. The highest BCUT2D eigenvalue weighted by Gasteiger charge is 2.57. The molecule has 2 unspecified atom stereocenters. The van der Waals surface area contributed by atoms with Crippen molar-refractivity contribution in [1.29, 1.82) is 0 Å². The molecule has 2 atom stereocenters. The molecular weight excluding hydrogens is 1400 g/mol. The van der Waals surface area contributed by atoms with Gasteiger partial charge < -0.3 is 19.3 Å². The van der Waals surface area contributed by atoms with Gasteiger partial charge in [-0.1, -0.05) is 186 Å². The summed E-state index contributed by atoms with van der Waals surface area (Å²) in [7, 11) is 0. The van der Waals surface area contributed by atoms with Crippen LogP contribution in [-0.4, -0.2) is 0 Å². The van der Waals surface area contributed by atoms with Gasteiger partial charge in [0.15, 0.2) is 46.5 Å². The Morgan fingerprint density at radius 1 is 0.270 bits per heavy atom. The maximum atomic E-state index is 16.3. The summed E-state index contributed by atoms with van der Waals surface area (Å²) in [6, 6.07) is 86.1. The topological polar surface area (TPSA) is 24.9 Å². The fraction of sp³-hybridized carbons (Fsp3) is 0.111. The van der Waals surface area contributed by atoms with Crippen LogP contribution in [0.2, 0.25) is 0 Å². The van der Waals surface area contributed by atoms with Crippen molar-refractivity contribution < 1.29 is 44.6 Å². The molecule has 0 saturated heterocycles. The molecule has 544 valence electrons. The predicted octanol–water partition coefficient (Wildman–Crippen LogP) is 27.0. The van der Waals surface area contributed by atoms with E-state index in [4.69, 9.17) is 9.47 Å². The summed E-state index contributed by atoms with van der Waals surface area (Å²) in [5.74, 6) is -6.04. The summed E-state index contributed by atoms with van der Waals surface area (Å²) in [5.41, 5.74) is 13.4. The first-order chi connectivity index (χ1) is 53.6. The smallest absolute Gasteiger partial charge is 0.160 e. The molecule has 12 heteroatoms. The van der Waals surface area contributed by atoms with Crippen molar-refractivity contribution in [3.8, 4) is 45.3 Å². The highest BCUT2D eigenvalue weighted by Crippen LogP contribution is 2.66. The second-order valence-corrected chi connectivity index (χ2v) is 30.6. The van der Waals surface area contributed by atoms with Crippen molar-refractivity contribution in [2.45, 2.75) is 67.6 Å². The van der Waals surface area contributed by atoms with E-state index < -0.39 is 73.6 Å². The molecule has 0 saturated carbocycles. The average molecular weight is 1470 g/mol. The van der Waals surface area contributed by atoms with E-state index in [0.717, 1.165) is 91.0 Å². The number of ether oxygens (including phenoxy) is 2. The number of anilines is 6. The minimum absolute atomic E-state index is 0.302. The van der Waals surface area contributed by atoms with Gasteiger partial charge in [-0.15, -0.1) is 0 Å². The lowest BCUT2D eigenvalue weighted by Crippen LogP contribution is -2.29. The highest BCUT2D eigenvalue weighted by molar-refractivity contribution is 5.92. The summed E-state index contributed by atoms with van der Waals surface area (Å²) in [6.45, 7) is 16.7. The fourth-order valence-electron chi connectivity index (χ4n) is 18.8. The summed E-state index contributed by atoms with van der Waals surface area (Å²) in [6.07, 6.45) is 4.76. The Kier molecular flexibility index (Phi) is 16.5. The van der Waals surface area contributed by atoms with Gasteiger partial charge in [0.1, 0.15) is 23.0 Å². The first-order valence-electron chi connectivity index (χ1n) is 36.8. The van der Waals surface area contributed by atoms with Crippen LogP contribution in [0.15, 0.2) is 304 Å². The lowest BCUT2D eigenvalue weighted by molar-refractivity contribution is 0.349. The van der Waals surface area contributed by atoms with E-state index in [9.17, 15) is 0 Å². The lowest BCUT2D eigenvalue weighted by atomic mass is 9.67. The average Bonchev–Trinajstić information content (AvgIpc) is 1.55. The SMILES string of the molecule is C=Cc1ccc(Oc2ccc(C3(c4ccc(F)c(F)c4)c4ccccc4-c4ccc(N(c5ccc(F)c(F)c5)c5ccc6c(c5)C5(CC6(C)C)CC(C)(C)c6ccc(N(c7ccc(F)c(F)c7)c7ccc8c(c7)C(c7ccc(Oc9ccc(C=C)cc9)cc7)(c7ccc(F)c(F)c7)c7ccccc7-8)cc65)cc43)cc2)cc1. The maximum Gasteiger partial charge on any atom is 0.160 e. The zero-order valence-corrected chi connectivity index (χ0v) is 60.9. The van der Waals surface area contributed by atoms with Crippen LogP contribution < -0.4 is 19.3 Å². The summed E-state index contributed by atoms with van der Waals surface area (Å²) >= 11 is 0. The van der Waals surface area contributed by atoms with Gasteiger partial charge in [-0.25, -0.2) is 35.1 Å². The number of rotatable bonds is 16. The first-order valence-corrected chi connectivity index (χ1v) is 36.8. The third kappa shape index (κ3) is 11.1. The molecule has 0 radical (unpaired) electrons. The molecule has 14 aromatic carbocycles. The van der Waals surface area contributed by atoms with Crippen molar-refractivity contribution in [3.05, 3.63) is 429 Å². The van der Waals surface area contributed by atoms with Crippen molar-refractivity contribution >= 4 is 46.3 Å². The van der Waals surface area contributed by atoms with Gasteiger partial charge in [-0.3, -0.25) is 0 Å². The Hall–Kier alpha value is -12.8. The van der Waals surface area contributed by atoms with E-state index in [0.29, 0.717) is 103 Å². The molecule has 0 fully saturated rings. The lowest BCUT2D eigenvalue weighted by Gasteiger charge is -2.35. The van der Waals surface area contributed by atoms with Crippen LogP contribution in [-0.2, 0) is 27.1 Å². The molecule has 0 heterocycles. The molecule has 0 aromatic heterocycles. The number of fused-ring (bicyclic) bond motifs is 10. The molecule has 4 aliphatic carbocycles. The summed E-state index contributed by atoms with van der Waals surface area (Å²) < 4.78 is 140.